The fraction of sp³-hybridized carbons (Fsp3) is 0.696. The van der Waals surface area contributed by atoms with Crippen molar-refractivity contribution in [1.29, 1.82) is 0 Å². The van der Waals surface area contributed by atoms with Crippen LogP contribution in [0.4, 0.5) is 0 Å². The van der Waals surface area contributed by atoms with Gasteiger partial charge >= 0.3 is 0 Å². The van der Waals surface area contributed by atoms with Crippen LogP contribution < -0.4 is 19.5 Å². The van der Waals surface area contributed by atoms with Crippen LogP contribution in [0.1, 0.15) is 31.7 Å². The number of piperazine rings is 1. The Kier molecular flexibility index (Phi) is 14.5. The standard InChI is InChI=1S/C23H40N4O4.HI/c1-6-24-23(25-10-8-7-9-15-28-2)27-13-11-26(12-14-27)18-19-16-20(29-3)22(31-5)21(17-19)30-4;/h16-17H,6-15,18H2,1-5H3,(H,24,25);1H. The number of halogens is 1. The number of guanidine groups is 1. The van der Waals surface area contributed by atoms with Crippen molar-refractivity contribution < 1.29 is 18.9 Å². The van der Waals surface area contributed by atoms with E-state index in [1.165, 1.54) is 0 Å². The average Bonchev–Trinajstić information content (AvgIpc) is 2.80. The molecule has 0 radical (unpaired) electrons. The maximum absolute atomic E-state index is 5.49. The largest absolute Gasteiger partial charge is 0.493 e. The number of hydrogen-bond acceptors (Lipinski definition) is 6. The molecule has 0 spiro atoms. The van der Waals surface area contributed by atoms with E-state index in [0.29, 0.717) is 17.2 Å². The molecule has 0 aliphatic carbocycles. The predicted molar refractivity (Wildman–Crippen MR) is 140 cm³/mol. The fourth-order valence-electron chi connectivity index (χ4n) is 3.75. The molecule has 1 aliphatic rings. The van der Waals surface area contributed by atoms with Gasteiger partial charge in [-0.3, -0.25) is 9.89 Å². The quantitative estimate of drug-likeness (QED) is 0.181. The number of aliphatic imine (C=N–C) groups is 1. The molecule has 2 rings (SSSR count). The first kappa shape index (κ1) is 28.6. The number of benzene rings is 1. The summed E-state index contributed by atoms with van der Waals surface area (Å²) in [5.41, 5.74) is 1.15. The number of hydrogen-bond donors (Lipinski definition) is 1. The highest BCUT2D eigenvalue weighted by molar-refractivity contribution is 14.0. The lowest BCUT2D eigenvalue weighted by Crippen LogP contribution is -2.52. The van der Waals surface area contributed by atoms with Crippen molar-refractivity contribution in [2.24, 2.45) is 4.99 Å². The number of nitrogens with zero attached hydrogens (tertiary/aromatic N) is 3. The summed E-state index contributed by atoms with van der Waals surface area (Å²) in [5, 5.41) is 3.45. The molecular formula is C23H41IN4O4. The van der Waals surface area contributed by atoms with Crippen molar-refractivity contribution >= 4 is 29.9 Å². The van der Waals surface area contributed by atoms with Crippen LogP contribution in [-0.2, 0) is 11.3 Å². The Hall–Kier alpha value is -1.46. The number of rotatable bonds is 12. The Morgan fingerprint density at radius 3 is 2.12 bits per heavy atom. The molecule has 184 valence electrons. The molecule has 1 aliphatic heterocycles. The molecule has 1 aromatic carbocycles. The smallest absolute Gasteiger partial charge is 0.203 e. The molecule has 1 fully saturated rings. The van der Waals surface area contributed by atoms with Crippen LogP contribution in [-0.4, -0.2) is 90.1 Å². The van der Waals surface area contributed by atoms with Gasteiger partial charge in [0, 0.05) is 59.5 Å². The summed E-state index contributed by atoms with van der Waals surface area (Å²) in [5.74, 6) is 3.05. The highest BCUT2D eigenvalue weighted by Crippen LogP contribution is 2.38. The van der Waals surface area contributed by atoms with E-state index in [9.17, 15) is 0 Å². The first-order chi connectivity index (χ1) is 15.2. The molecule has 0 amide bonds. The molecule has 1 aromatic rings. The Morgan fingerprint density at radius 1 is 0.938 bits per heavy atom. The lowest BCUT2D eigenvalue weighted by atomic mass is 10.1. The van der Waals surface area contributed by atoms with E-state index in [-0.39, 0.29) is 24.0 Å². The summed E-state index contributed by atoms with van der Waals surface area (Å²) in [7, 11) is 6.68. The summed E-state index contributed by atoms with van der Waals surface area (Å²) in [6.07, 6.45) is 3.35. The van der Waals surface area contributed by atoms with Crippen LogP contribution in [0, 0.1) is 0 Å². The topological polar surface area (TPSA) is 67.8 Å². The van der Waals surface area contributed by atoms with Crippen LogP contribution in [0.5, 0.6) is 17.2 Å². The minimum absolute atomic E-state index is 0. The predicted octanol–water partition coefficient (Wildman–Crippen LogP) is 3.23. The molecule has 0 bridgehead atoms. The van der Waals surface area contributed by atoms with E-state index in [2.05, 4.69) is 22.0 Å². The van der Waals surface area contributed by atoms with Gasteiger partial charge in [0.2, 0.25) is 5.75 Å². The summed E-state index contributed by atoms with van der Waals surface area (Å²) in [6, 6.07) is 4.06. The normalized spacial score (nSPS) is 14.7. The molecule has 0 aromatic heterocycles. The lowest BCUT2D eigenvalue weighted by molar-refractivity contribution is 0.172. The van der Waals surface area contributed by atoms with Gasteiger partial charge in [0.1, 0.15) is 0 Å². The summed E-state index contributed by atoms with van der Waals surface area (Å²) < 4.78 is 21.5. The molecule has 9 heteroatoms. The molecule has 1 saturated heterocycles. The zero-order valence-electron chi connectivity index (χ0n) is 20.3. The molecule has 1 N–H and O–H groups in total. The number of methoxy groups -OCH3 is 4. The molecule has 8 nitrogen and oxygen atoms in total. The van der Waals surface area contributed by atoms with E-state index in [0.717, 1.165) is 83.2 Å². The SMILES string of the molecule is CCNC(=NCCCCCOC)N1CCN(Cc2cc(OC)c(OC)c(OC)c2)CC1.I. The van der Waals surface area contributed by atoms with Crippen LogP contribution in [0.25, 0.3) is 0 Å². The Labute approximate surface area is 210 Å². The number of unbranched alkanes of at least 4 members (excludes halogenated alkanes) is 2. The first-order valence-electron chi connectivity index (χ1n) is 11.2. The first-order valence-corrected chi connectivity index (χ1v) is 11.2. The molecule has 0 atom stereocenters. The van der Waals surface area contributed by atoms with Crippen molar-refractivity contribution in [3.8, 4) is 17.2 Å². The highest BCUT2D eigenvalue weighted by Gasteiger charge is 2.21. The molecule has 1 heterocycles. The van der Waals surface area contributed by atoms with Gasteiger partial charge < -0.3 is 29.2 Å². The van der Waals surface area contributed by atoms with Crippen molar-refractivity contribution in [2.45, 2.75) is 32.7 Å². The maximum atomic E-state index is 5.49. The summed E-state index contributed by atoms with van der Waals surface area (Å²) in [4.78, 5) is 9.65. The third kappa shape index (κ3) is 8.82. The van der Waals surface area contributed by atoms with Gasteiger partial charge in [-0.25, -0.2) is 0 Å². The van der Waals surface area contributed by atoms with Gasteiger partial charge in [-0.1, -0.05) is 0 Å². The van der Waals surface area contributed by atoms with Crippen LogP contribution in [0.2, 0.25) is 0 Å². The molecule has 32 heavy (non-hydrogen) atoms. The van der Waals surface area contributed by atoms with Crippen molar-refractivity contribution in [1.82, 2.24) is 15.1 Å². The van der Waals surface area contributed by atoms with Crippen LogP contribution in [0.3, 0.4) is 0 Å². The lowest BCUT2D eigenvalue weighted by Gasteiger charge is -2.36. The van der Waals surface area contributed by atoms with E-state index in [1.54, 1.807) is 28.4 Å². The van der Waals surface area contributed by atoms with Crippen molar-refractivity contribution in [2.75, 3.05) is 74.3 Å². The molecule has 0 unspecified atom stereocenters. The zero-order valence-corrected chi connectivity index (χ0v) is 22.6. The Morgan fingerprint density at radius 2 is 1.59 bits per heavy atom. The molecule has 0 saturated carbocycles. The minimum atomic E-state index is 0. The van der Waals surface area contributed by atoms with E-state index < -0.39 is 0 Å². The number of ether oxygens (including phenoxy) is 4. The second-order valence-corrected chi connectivity index (χ2v) is 7.59. The number of nitrogens with one attached hydrogen (secondary N) is 1. The van der Waals surface area contributed by atoms with Gasteiger partial charge in [0.05, 0.1) is 21.3 Å². The van der Waals surface area contributed by atoms with Crippen molar-refractivity contribution in [3.05, 3.63) is 17.7 Å². The van der Waals surface area contributed by atoms with Crippen LogP contribution in [0.15, 0.2) is 17.1 Å². The zero-order chi connectivity index (χ0) is 22.5. The minimum Gasteiger partial charge on any atom is -0.493 e. The fourth-order valence-corrected chi connectivity index (χ4v) is 3.75. The van der Waals surface area contributed by atoms with E-state index in [1.807, 2.05) is 12.1 Å². The van der Waals surface area contributed by atoms with Gasteiger partial charge in [-0.2, -0.15) is 0 Å². The van der Waals surface area contributed by atoms with Gasteiger partial charge in [-0.15, -0.1) is 24.0 Å². The average molecular weight is 565 g/mol. The Balaban J connectivity index is 0.00000512. The van der Waals surface area contributed by atoms with Crippen LogP contribution >= 0.6 is 24.0 Å². The van der Waals surface area contributed by atoms with E-state index >= 15 is 0 Å². The molecular weight excluding hydrogens is 523 g/mol. The monoisotopic (exact) mass is 564 g/mol. The maximum Gasteiger partial charge on any atom is 0.203 e. The second-order valence-electron chi connectivity index (χ2n) is 7.59. The third-order valence-corrected chi connectivity index (χ3v) is 5.41. The van der Waals surface area contributed by atoms with Gasteiger partial charge in [-0.05, 0) is 43.9 Å². The van der Waals surface area contributed by atoms with Gasteiger partial charge in [0.15, 0.2) is 17.5 Å². The summed E-state index contributed by atoms with van der Waals surface area (Å²) in [6.45, 7) is 9.42. The second kappa shape index (κ2) is 16.2. The van der Waals surface area contributed by atoms with Gasteiger partial charge in [0.25, 0.3) is 0 Å². The Bertz CT molecular complexity index is 657. The van der Waals surface area contributed by atoms with E-state index in [4.69, 9.17) is 23.9 Å². The highest BCUT2D eigenvalue weighted by atomic mass is 127. The third-order valence-electron chi connectivity index (χ3n) is 5.41. The van der Waals surface area contributed by atoms with Crippen molar-refractivity contribution in [3.63, 3.8) is 0 Å². The summed E-state index contributed by atoms with van der Waals surface area (Å²) >= 11 is 0.